The second-order valence-corrected chi connectivity index (χ2v) is 4.61. The number of hydrogen-bond donors (Lipinski definition) is 1. The molecule has 90 valence electrons. The summed E-state index contributed by atoms with van der Waals surface area (Å²) in [4.78, 5) is 0. The van der Waals surface area contributed by atoms with Gasteiger partial charge in [-0.15, -0.1) is 0 Å². The van der Waals surface area contributed by atoms with Crippen LogP contribution >= 0.6 is 0 Å². The summed E-state index contributed by atoms with van der Waals surface area (Å²) in [6, 6.07) is 6.04. The number of hydrogen-bond acceptors (Lipinski definition) is 3. The molecule has 0 saturated heterocycles. The van der Waals surface area contributed by atoms with Crippen LogP contribution in [0, 0.1) is 0 Å². The summed E-state index contributed by atoms with van der Waals surface area (Å²) in [5.74, 6) is 2.67. The molecule has 0 spiro atoms. The minimum Gasteiger partial charge on any atom is -0.497 e. The van der Waals surface area contributed by atoms with Gasteiger partial charge < -0.3 is 14.5 Å². The summed E-state index contributed by atoms with van der Waals surface area (Å²) >= 11 is 0. The van der Waals surface area contributed by atoms with Gasteiger partial charge in [0.1, 0.15) is 17.1 Å². The third kappa shape index (κ3) is 1.80. The summed E-state index contributed by atoms with van der Waals surface area (Å²) in [5, 5.41) is 4.39. The van der Waals surface area contributed by atoms with Crippen molar-refractivity contribution in [3.8, 4) is 5.75 Å². The van der Waals surface area contributed by atoms with Crippen LogP contribution in [0.4, 0.5) is 0 Å². The van der Waals surface area contributed by atoms with Crippen molar-refractivity contribution in [1.29, 1.82) is 0 Å². The SMILES string of the molecule is CNCc1oc2ccc(OC)cc2c1C1CC1. The molecule has 0 unspecified atom stereocenters. The fourth-order valence-electron chi connectivity index (χ4n) is 2.38. The Labute approximate surface area is 101 Å². The molecule has 2 aromatic rings. The van der Waals surface area contributed by atoms with Crippen molar-refractivity contribution in [3.63, 3.8) is 0 Å². The first kappa shape index (κ1) is 10.7. The molecule has 1 fully saturated rings. The smallest absolute Gasteiger partial charge is 0.134 e. The molecule has 1 heterocycles. The van der Waals surface area contributed by atoms with Gasteiger partial charge in [-0.25, -0.2) is 0 Å². The van der Waals surface area contributed by atoms with Gasteiger partial charge in [-0.3, -0.25) is 0 Å². The third-order valence-electron chi connectivity index (χ3n) is 3.33. The van der Waals surface area contributed by atoms with E-state index in [9.17, 15) is 0 Å². The average Bonchev–Trinajstić information content (AvgIpc) is 3.11. The highest BCUT2D eigenvalue weighted by Gasteiger charge is 2.30. The number of nitrogens with one attached hydrogen (secondary N) is 1. The van der Waals surface area contributed by atoms with E-state index in [1.807, 2.05) is 19.2 Å². The fraction of sp³-hybridized carbons (Fsp3) is 0.429. The number of fused-ring (bicyclic) bond motifs is 1. The zero-order chi connectivity index (χ0) is 11.8. The Hall–Kier alpha value is -1.48. The maximum Gasteiger partial charge on any atom is 0.134 e. The molecule has 3 nitrogen and oxygen atoms in total. The van der Waals surface area contributed by atoms with E-state index in [1.165, 1.54) is 23.8 Å². The Balaban J connectivity index is 2.17. The minimum absolute atomic E-state index is 0.687. The lowest BCUT2D eigenvalue weighted by molar-refractivity contribution is 0.415. The lowest BCUT2D eigenvalue weighted by Crippen LogP contribution is -2.05. The quantitative estimate of drug-likeness (QED) is 0.878. The van der Waals surface area contributed by atoms with Gasteiger partial charge in [-0.2, -0.15) is 0 Å². The fourth-order valence-corrected chi connectivity index (χ4v) is 2.38. The van der Waals surface area contributed by atoms with Gasteiger partial charge in [0.15, 0.2) is 0 Å². The normalized spacial score (nSPS) is 15.4. The zero-order valence-electron chi connectivity index (χ0n) is 10.2. The molecule has 1 N–H and O–H groups in total. The van der Waals surface area contributed by atoms with E-state index in [0.29, 0.717) is 5.92 Å². The second kappa shape index (κ2) is 4.08. The maximum atomic E-state index is 5.92. The molecule has 1 aromatic carbocycles. The van der Waals surface area contributed by atoms with Crippen molar-refractivity contribution in [2.45, 2.75) is 25.3 Å². The number of rotatable bonds is 4. The molecule has 0 atom stereocenters. The van der Waals surface area contributed by atoms with Gasteiger partial charge in [0.05, 0.1) is 13.7 Å². The monoisotopic (exact) mass is 231 g/mol. The first-order chi connectivity index (χ1) is 8.33. The Kier molecular flexibility index (Phi) is 2.56. The number of furan rings is 1. The highest BCUT2D eigenvalue weighted by molar-refractivity contribution is 5.84. The number of benzene rings is 1. The van der Waals surface area contributed by atoms with E-state index >= 15 is 0 Å². The van der Waals surface area contributed by atoms with Crippen LogP contribution in [0.3, 0.4) is 0 Å². The summed E-state index contributed by atoms with van der Waals surface area (Å²) in [6.45, 7) is 0.794. The predicted molar refractivity (Wildman–Crippen MR) is 67.5 cm³/mol. The first-order valence-electron chi connectivity index (χ1n) is 6.07. The molecule has 1 saturated carbocycles. The molecule has 0 amide bonds. The lowest BCUT2D eigenvalue weighted by atomic mass is 10.1. The molecule has 0 aliphatic heterocycles. The van der Waals surface area contributed by atoms with Crippen molar-refractivity contribution in [3.05, 3.63) is 29.5 Å². The van der Waals surface area contributed by atoms with E-state index in [4.69, 9.17) is 9.15 Å². The molecule has 3 heteroatoms. The number of methoxy groups -OCH3 is 1. The standard InChI is InChI=1S/C14H17NO2/c1-15-8-13-14(9-3-4-9)11-7-10(16-2)5-6-12(11)17-13/h5-7,9,15H,3-4,8H2,1-2H3. The third-order valence-corrected chi connectivity index (χ3v) is 3.33. The summed E-state index contributed by atoms with van der Waals surface area (Å²) in [5.41, 5.74) is 2.35. The van der Waals surface area contributed by atoms with Gasteiger partial charge in [0, 0.05) is 10.9 Å². The van der Waals surface area contributed by atoms with E-state index in [-0.39, 0.29) is 0 Å². The van der Waals surface area contributed by atoms with Crippen LogP contribution in [0.5, 0.6) is 5.75 Å². The Morgan fingerprint density at radius 2 is 2.24 bits per heavy atom. The van der Waals surface area contributed by atoms with Gasteiger partial charge in [-0.05, 0) is 44.0 Å². The molecule has 1 aliphatic rings. The largest absolute Gasteiger partial charge is 0.497 e. The Bertz CT molecular complexity index is 540. The number of ether oxygens (including phenoxy) is 1. The van der Waals surface area contributed by atoms with Crippen LogP contribution < -0.4 is 10.1 Å². The van der Waals surface area contributed by atoms with Crippen molar-refractivity contribution < 1.29 is 9.15 Å². The van der Waals surface area contributed by atoms with Crippen molar-refractivity contribution >= 4 is 11.0 Å². The molecule has 0 radical (unpaired) electrons. The van der Waals surface area contributed by atoms with Crippen molar-refractivity contribution in [2.24, 2.45) is 0 Å². The topological polar surface area (TPSA) is 34.4 Å². The maximum absolute atomic E-state index is 5.92. The lowest BCUT2D eigenvalue weighted by Gasteiger charge is -2.01. The van der Waals surface area contributed by atoms with Crippen LogP contribution in [-0.2, 0) is 6.54 Å². The molecular formula is C14H17NO2. The van der Waals surface area contributed by atoms with Crippen molar-refractivity contribution in [2.75, 3.05) is 14.2 Å². The summed E-state index contributed by atoms with van der Waals surface area (Å²) in [7, 11) is 3.65. The predicted octanol–water partition coefficient (Wildman–Crippen LogP) is 3.04. The Morgan fingerprint density at radius 1 is 1.41 bits per heavy atom. The Morgan fingerprint density at radius 3 is 2.88 bits per heavy atom. The molecular weight excluding hydrogens is 214 g/mol. The zero-order valence-corrected chi connectivity index (χ0v) is 10.2. The van der Waals surface area contributed by atoms with E-state index < -0.39 is 0 Å². The summed E-state index contributed by atoms with van der Waals surface area (Å²) < 4.78 is 11.2. The van der Waals surface area contributed by atoms with Gasteiger partial charge in [0.25, 0.3) is 0 Å². The molecule has 3 rings (SSSR count). The first-order valence-corrected chi connectivity index (χ1v) is 6.07. The van der Waals surface area contributed by atoms with Gasteiger partial charge >= 0.3 is 0 Å². The molecule has 1 aromatic heterocycles. The molecule has 17 heavy (non-hydrogen) atoms. The van der Waals surface area contributed by atoms with Crippen LogP contribution in [-0.4, -0.2) is 14.2 Å². The molecule has 0 bridgehead atoms. The van der Waals surface area contributed by atoms with E-state index in [2.05, 4.69) is 11.4 Å². The van der Waals surface area contributed by atoms with Crippen LogP contribution in [0.15, 0.2) is 22.6 Å². The minimum atomic E-state index is 0.687. The van der Waals surface area contributed by atoms with Crippen molar-refractivity contribution in [1.82, 2.24) is 5.32 Å². The van der Waals surface area contributed by atoms with Crippen LogP contribution in [0.1, 0.15) is 30.1 Å². The molecule has 1 aliphatic carbocycles. The highest BCUT2D eigenvalue weighted by atomic mass is 16.5. The summed E-state index contributed by atoms with van der Waals surface area (Å²) in [6.07, 6.45) is 2.56. The average molecular weight is 231 g/mol. The van der Waals surface area contributed by atoms with E-state index in [1.54, 1.807) is 7.11 Å². The van der Waals surface area contributed by atoms with E-state index in [0.717, 1.165) is 23.6 Å². The van der Waals surface area contributed by atoms with Gasteiger partial charge in [0.2, 0.25) is 0 Å². The van der Waals surface area contributed by atoms with Gasteiger partial charge in [-0.1, -0.05) is 0 Å². The van der Waals surface area contributed by atoms with Crippen LogP contribution in [0.2, 0.25) is 0 Å². The second-order valence-electron chi connectivity index (χ2n) is 4.61. The van der Waals surface area contributed by atoms with Crippen LogP contribution in [0.25, 0.3) is 11.0 Å². The highest BCUT2D eigenvalue weighted by Crippen LogP contribution is 2.46.